The second-order valence-electron chi connectivity index (χ2n) is 7.86. The van der Waals surface area contributed by atoms with Gasteiger partial charge in [-0.25, -0.2) is 13.3 Å². The van der Waals surface area contributed by atoms with Gasteiger partial charge in [0.2, 0.25) is 6.33 Å². The van der Waals surface area contributed by atoms with Gasteiger partial charge < -0.3 is 0 Å². The van der Waals surface area contributed by atoms with Gasteiger partial charge in [0.25, 0.3) is 18.1 Å². The molecule has 2 heterocycles. The molecule has 9 heteroatoms. The highest BCUT2D eigenvalue weighted by Gasteiger charge is 2.32. The summed E-state index contributed by atoms with van der Waals surface area (Å²) in [4.78, 5) is 27.3. The molecule has 6 nitrogen and oxygen atoms in total. The van der Waals surface area contributed by atoms with Crippen molar-refractivity contribution in [3.8, 4) is 0 Å². The van der Waals surface area contributed by atoms with Gasteiger partial charge in [0.15, 0.2) is 0 Å². The number of carbonyl (C=O) groups is 2. The third-order valence-electron chi connectivity index (χ3n) is 5.71. The minimum Gasteiger partial charge on any atom is -0.274 e. The molecule has 33 heavy (non-hydrogen) atoms. The average molecular weight is 512 g/mol. The number of imide groups is 1. The van der Waals surface area contributed by atoms with E-state index < -0.39 is 11.6 Å². The van der Waals surface area contributed by atoms with Crippen LogP contribution in [0.1, 0.15) is 32.7 Å². The number of aryl methyl sites for hydroxylation is 1. The summed E-state index contributed by atoms with van der Waals surface area (Å²) in [6.45, 7) is 0.926. The molecule has 4 aromatic rings. The smallest absolute Gasteiger partial charge is 0.265 e. The van der Waals surface area contributed by atoms with E-state index in [0.717, 1.165) is 15.9 Å². The molecule has 0 unspecified atom stereocenters. The molecule has 1 aliphatic heterocycles. The lowest BCUT2D eigenvalue weighted by molar-refractivity contribution is -0.689. The minimum atomic E-state index is -0.620. The normalized spacial score (nSPS) is 13.2. The Hall–Kier alpha value is -3.46. The summed E-state index contributed by atoms with van der Waals surface area (Å²) in [5, 5.41) is 5.76. The Morgan fingerprint density at radius 3 is 2.55 bits per heavy atom. The van der Waals surface area contributed by atoms with Crippen molar-refractivity contribution in [1.82, 2.24) is 14.7 Å². The van der Waals surface area contributed by atoms with Gasteiger partial charge in [0.05, 0.1) is 6.54 Å². The van der Waals surface area contributed by atoms with Crippen molar-refractivity contribution in [3.05, 3.63) is 94.0 Å². The molecule has 166 valence electrons. The van der Waals surface area contributed by atoms with Gasteiger partial charge in [-0.05, 0) is 42.1 Å². The van der Waals surface area contributed by atoms with E-state index in [1.807, 2.05) is 18.2 Å². The van der Waals surface area contributed by atoms with Gasteiger partial charge in [-0.3, -0.25) is 14.5 Å². The van der Waals surface area contributed by atoms with Crippen molar-refractivity contribution in [1.29, 1.82) is 0 Å². The Labute approximate surface area is 196 Å². The third-order valence-corrected chi connectivity index (χ3v) is 6.40. The van der Waals surface area contributed by atoms with Crippen LogP contribution in [0.4, 0.5) is 8.78 Å². The Kier molecular flexibility index (Phi) is 5.49. The maximum Gasteiger partial charge on any atom is 0.265 e. The second kappa shape index (κ2) is 8.47. The van der Waals surface area contributed by atoms with Crippen LogP contribution < -0.4 is 4.57 Å². The zero-order chi connectivity index (χ0) is 23.1. The van der Waals surface area contributed by atoms with Crippen molar-refractivity contribution in [2.24, 2.45) is 0 Å². The summed E-state index contributed by atoms with van der Waals surface area (Å²) < 4.78 is 31.1. The summed E-state index contributed by atoms with van der Waals surface area (Å²) in [5.41, 5.74) is 1.38. The number of nitrogens with zero attached hydrogens (tertiary/aromatic N) is 4. The first-order valence-corrected chi connectivity index (χ1v) is 11.1. The van der Waals surface area contributed by atoms with E-state index in [-0.39, 0.29) is 24.9 Å². The van der Waals surface area contributed by atoms with Crippen LogP contribution in [0.3, 0.4) is 0 Å². The first-order chi connectivity index (χ1) is 15.9. The van der Waals surface area contributed by atoms with Crippen LogP contribution in [0, 0.1) is 11.6 Å². The van der Waals surface area contributed by atoms with Gasteiger partial charge in [-0.1, -0.05) is 28.1 Å². The predicted octanol–water partition coefficient (Wildman–Crippen LogP) is 4.10. The summed E-state index contributed by atoms with van der Waals surface area (Å²) >= 11 is 3.49. The summed E-state index contributed by atoms with van der Waals surface area (Å²) in [7, 11) is 0. The minimum absolute atomic E-state index is 0.214. The molecule has 0 aliphatic carbocycles. The molecule has 1 aliphatic rings. The molecular weight excluding hydrogens is 494 g/mol. The number of amides is 2. The van der Waals surface area contributed by atoms with Crippen LogP contribution in [-0.2, 0) is 13.1 Å². The number of carbonyl (C=O) groups excluding carboxylic acids is 2. The van der Waals surface area contributed by atoms with E-state index in [9.17, 15) is 18.4 Å². The zero-order valence-electron chi connectivity index (χ0n) is 17.3. The van der Waals surface area contributed by atoms with E-state index in [1.165, 1.54) is 17.0 Å². The van der Waals surface area contributed by atoms with Crippen LogP contribution >= 0.6 is 15.9 Å². The lowest BCUT2D eigenvalue weighted by atomic mass is 9.94. The van der Waals surface area contributed by atoms with Crippen molar-refractivity contribution < 1.29 is 22.9 Å². The maximum absolute atomic E-state index is 13.9. The number of halogens is 3. The molecule has 2 amide bonds. The molecule has 0 N–H and O–H groups in total. The van der Waals surface area contributed by atoms with Gasteiger partial charge in [0, 0.05) is 44.3 Å². The lowest BCUT2D eigenvalue weighted by Crippen LogP contribution is -2.41. The van der Waals surface area contributed by atoms with Gasteiger partial charge in [-0.2, -0.15) is 0 Å². The number of benzene rings is 3. The fourth-order valence-corrected chi connectivity index (χ4v) is 4.57. The van der Waals surface area contributed by atoms with E-state index in [2.05, 4.69) is 21.0 Å². The first-order valence-electron chi connectivity index (χ1n) is 10.4. The van der Waals surface area contributed by atoms with Gasteiger partial charge in [-0.15, -0.1) is 4.68 Å². The van der Waals surface area contributed by atoms with Crippen molar-refractivity contribution in [2.75, 3.05) is 6.54 Å². The number of rotatable bonds is 6. The largest absolute Gasteiger partial charge is 0.274 e. The quantitative estimate of drug-likeness (QED) is 0.289. The third kappa shape index (κ3) is 3.93. The highest BCUT2D eigenvalue weighted by Crippen LogP contribution is 2.34. The van der Waals surface area contributed by atoms with Gasteiger partial charge >= 0.3 is 0 Å². The fraction of sp³-hybridized carbons (Fsp3) is 0.167. The highest BCUT2D eigenvalue weighted by molar-refractivity contribution is 9.10. The van der Waals surface area contributed by atoms with Crippen molar-refractivity contribution in [3.63, 3.8) is 0 Å². The van der Waals surface area contributed by atoms with E-state index in [1.54, 1.807) is 34.0 Å². The number of hydrogen-bond acceptors (Lipinski definition) is 3. The SMILES string of the molecule is O=C1c2cccc3c(Br)ccc(c23)C(=O)N1CCCn1c[n+](Cc2ccc(F)cc2F)cn1. The zero-order valence-corrected chi connectivity index (χ0v) is 18.9. The van der Waals surface area contributed by atoms with Crippen LogP contribution in [-0.4, -0.2) is 33.0 Å². The average Bonchev–Trinajstić information content (AvgIpc) is 3.24. The number of hydrogen-bond donors (Lipinski definition) is 0. The van der Waals surface area contributed by atoms with Crippen LogP contribution in [0.15, 0.2) is 65.7 Å². The summed E-state index contributed by atoms with van der Waals surface area (Å²) in [6, 6.07) is 12.5. The molecule has 0 radical (unpaired) electrons. The molecular formula is C24H18BrF2N4O2+. The Balaban J connectivity index is 1.27. The lowest BCUT2D eigenvalue weighted by Gasteiger charge is -2.27. The molecule has 1 aromatic heterocycles. The molecule has 0 fully saturated rings. The predicted molar refractivity (Wildman–Crippen MR) is 120 cm³/mol. The molecule has 5 rings (SSSR count). The van der Waals surface area contributed by atoms with Crippen molar-refractivity contribution in [2.45, 2.75) is 19.5 Å². The molecule has 0 spiro atoms. The highest BCUT2D eigenvalue weighted by atomic mass is 79.9. The Morgan fingerprint density at radius 1 is 0.970 bits per heavy atom. The van der Waals surface area contributed by atoms with Gasteiger partial charge in [0.1, 0.15) is 18.2 Å². The second-order valence-corrected chi connectivity index (χ2v) is 8.71. The Morgan fingerprint density at radius 2 is 1.76 bits per heavy atom. The molecule has 0 saturated carbocycles. The van der Waals surface area contributed by atoms with Crippen molar-refractivity contribution >= 4 is 38.5 Å². The maximum atomic E-state index is 13.9. The standard InChI is InChI=1S/C24H18BrF2N4O2/c25-20-8-7-19-22-17(20)3-1-4-18(22)23(32)31(24(19)33)10-2-9-30-14-29(13-28-30)12-15-5-6-16(26)11-21(15)27/h1,3-8,11,13-14H,2,9-10,12H2/q+1. The summed E-state index contributed by atoms with van der Waals surface area (Å²) in [6.07, 6.45) is 3.76. The Bertz CT molecular complexity index is 1400. The van der Waals surface area contributed by atoms with Crippen LogP contribution in [0.2, 0.25) is 0 Å². The first kappa shape index (κ1) is 21.4. The topological polar surface area (TPSA) is 59.1 Å². The monoisotopic (exact) mass is 511 g/mol. The molecule has 3 aromatic carbocycles. The van der Waals surface area contributed by atoms with E-state index in [4.69, 9.17) is 0 Å². The van der Waals surface area contributed by atoms with Crippen LogP contribution in [0.5, 0.6) is 0 Å². The van der Waals surface area contributed by atoms with E-state index >= 15 is 0 Å². The molecule has 0 bridgehead atoms. The van der Waals surface area contributed by atoms with Crippen LogP contribution in [0.25, 0.3) is 10.8 Å². The number of aromatic nitrogens is 3. The molecule has 0 saturated heterocycles. The van der Waals surface area contributed by atoms with E-state index in [0.29, 0.717) is 35.0 Å². The fourth-order valence-electron chi connectivity index (χ4n) is 4.11. The summed E-state index contributed by atoms with van der Waals surface area (Å²) in [5.74, 6) is -1.85. The molecule has 0 atom stereocenters.